The number of phenols is 4. The first-order valence-electron chi connectivity index (χ1n) is 16.4. The number of rotatable bonds is 12. The molecule has 0 bridgehead atoms. The average molecular weight is 848 g/mol. The summed E-state index contributed by atoms with van der Waals surface area (Å²) >= 11 is 0. The molecule has 1 amide bonds. The van der Waals surface area contributed by atoms with Crippen LogP contribution in [-0.2, 0) is 10.1 Å². The van der Waals surface area contributed by atoms with E-state index in [1.54, 1.807) is 36.4 Å². The van der Waals surface area contributed by atoms with Crippen LogP contribution in [0.2, 0.25) is 0 Å². The van der Waals surface area contributed by atoms with Crippen LogP contribution in [0, 0.1) is 0 Å². The number of benzene rings is 6. The van der Waals surface area contributed by atoms with Crippen molar-refractivity contribution in [2.75, 3.05) is 5.32 Å². The summed E-state index contributed by atoms with van der Waals surface area (Å²) in [7, 11) is -4.45. The normalized spacial score (nSPS) is 11.5. The van der Waals surface area contributed by atoms with E-state index < -0.39 is 39.2 Å². The van der Waals surface area contributed by atoms with Crippen LogP contribution < -0.4 is 5.32 Å². The van der Waals surface area contributed by atoms with Gasteiger partial charge in [0.15, 0.2) is 0 Å². The second-order valence-corrected chi connectivity index (χ2v) is 13.3. The molecular formula is C38H27N9Na2O10S. The van der Waals surface area contributed by atoms with Crippen molar-refractivity contribution in [2.24, 2.45) is 40.9 Å². The summed E-state index contributed by atoms with van der Waals surface area (Å²) < 4.78 is 32.0. The number of nitrogens with one attached hydrogen (secondary N) is 1. The van der Waals surface area contributed by atoms with Gasteiger partial charge in [0.05, 0.1) is 33.3 Å². The summed E-state index contributed by atoms with van der Waals surface area (Å²) in [5.41, 5.74) is 1.40. The quantitative estimate of drug-likeness (QED) is 0.0347. The first kappa shape index (κ1) is 46.5. The van der Waals surface area contributed by atoms with E-state index in [2.05, 4.69) is 46.2 Å². The number of carbonyl (C=O) groups excluding carboxylic acids is 1. The molecule has 60 heavy (non-hydrogen) atoms. The van der Waals surface area contributed by atoms with Crippen molar-refractivity contribution >= 4 is 132 Å². The van der Waals surface area contributed by atoms with Crippen molar-refractivity contribution in [3.63, 3.8) is 0 Å². The van der Waals surface area contributed by atoms with E-state index >= 15 is 0 Å². The predicted molar refractivity (Wildman–Crippen MR) is 218 cm³/mol. The van der Waals surface area contributed by atoms with E-state index in [0.717, 1.165) is 12.1 Å². The Kier molecular flexibility index (Phi) is 16.0. The number of azo groups is 4. The molecule has 292 valence electrons. The largest absolute Gasteiger partial charge is 0.507 e. The van der Waals surface area contributed by atoms with Crippen LogP contribution >= 0.6 is 0 Å². The standard InChI is InChI=1S/C38H27N9O10S.2Na/c48-33-14-12-26(17-29(33)38(53)54)43-40-23-6-4-21(5-7-23)37(52)39-22-8-10-24(11-9-22)41-45-31-19-32(36(51)20-35(31)50)47-46-30-18-27(13-15-34(30)49)44-42-25-2-1-3-28(16-25)58(55,56)57;;/h1-20,48-51H,(H,39,52)(H,53,54)(H,55,56,57);;. The molecule has 7 N–H and O–H groups in total. The van der Waals surface area contributed by atoms with Gasteiger partial charge in [-0.3, -0.25) is 9.35 Å². The molecule has 19 nitrogen and oxygen atoms in total. The van der Waals surface area contributed by atoms with Crippen LogP contribution in [0.1, 0.15) is 20.7 Å². The molecule has 6 rings (SSSR count). The van der Waals surface area contributed by atoms with Gasteiger partial charge in [-0.2, -0.15) is 34.0 Å². The fraction of sp³-hybridized carbons (Fsp3) is 0. The van der Waals surface area contributed by atoms with E-state index in [4.69, 9.17) is 5.11 Å². The second-order valence-electron chi connectivity index (χ2n) is 11.8. The number of anilines is 1. The van der Waals surface area contributed by atoms with E-state index in [-0.39, 0.29) is 109 Å². The Hall–Kier alpha value is -6.23. The van der Waals surface area contributed by atoms with Crippen LogP contribution in [0.4, 0.5) is 51.2 Å². The molecule has 0 unspecified atom stereocenters. The molecule has 0 aliphatic heterocycles. The van der Waals surface area contributed by atoms with Gasteiger partial charge >= 0.3 is 5.97 Å². The number of phenolic OH excluding ortho intramolecular Hbond substituents is 3. The summed E-state index contributed by atoms with van der Waals surface area (Å²) in [5, 5.41) is 84.6. The Morgan fingerprint density at radius 1 is 0.483 bits per heavy atom. The van der Waals surface area contributed by atoms with Gasteiger partial charge in [0, 0.05) is 82.5 Å². The van der Waals surface area contributed by atoms with Gasteiger partial charge in [-0.15, -0.1) is 15.3 Å². The molecule has 22 heteroatoms. The minimum Gasteiger partial charge on any atom is -0.507 e. The number of aromatic carboxylic acids is 1. The monoisotopic (exact) mass is 847 g/mol. The third-order valence-electron chi connectivity index (χ3n) is 7.71. The van der Waals surface area contributed by atoms with Gasteiger partial charge in [-0.1, -0.05) is 6.07 Å². The molecule has 0 saturated heterocycles. The first-order chi connectivity index (χ1) is 27.7. The van der Waals surface area contributed by atoms with Gasteiger partial charge in [0.25, 0.3) is 16.0 Å². The van der Waals surface area contributed by atoms with Crippen molar-refractivity contribution < 1.29 is 48.1 Å². The molecule has 0 spiro atoms. The summed E-state index contributed by atoms with van der Waals surface area (Å²) in [6.07, 6.45) is 0. The zero-order chi connectivity index (χ0) is 41.4. The van der Waals surface area contributed by atoms with Crippen molar-refractivity contribution in [3.05, 3.63) is 132 Å². The molecule has 0 atom stereocenters. The van der Waals surface area contributed by atoms with E-state index in [1.807, 2.05) is 0 Å². The third kappa shape index (κ3) is 12.4. The van der Waals surface area contributed by atoms with Gasteiger partial charge in [0.1, 0.15) is 45.6 Å². The van der Waals surface area contributed by atoms with E-state index in [9.17, 15) is 43.0 Å². The number of nitrogens with zero attached hydrogens (tertiary/aromatic N) is 8. The zero-order valence-corrected chi connectivity index (χ0v) is 36.2. The minimum absolute atomic E-state index is 0. The summed E-state index contributed by atoms with van der Waals surface area (Å²) in [4.78, 5) is 23.7. The van der Waals surface area contributed by atoms with Crippen LogP contribution in [-0.4, -0.2) is 109 Å². The molecule has 6 aromatic rings. The van der Waals surface area contributed by atoms with Gasteiger partial charge in [0.2, 0.25) is 0 Å². The number of carbonyl (C=O) groups is 2. The Bertz CT molecular complexity index is 2790. The van der Waals surface area contributed by atoms with Crippen LogP contribution in [0.5, 0.6) is 23.0 Å². The first-order valence-corrected chi connectivity index (χ1v) is 17.9. The summed E-state index contributed by atoms with van der Waals surface area (Å²) in [6.45, 7) is 0. The number of carboxylic acids is 1. The fourth-order valence-corrected chi connectivity index (χ4v) is 5.30. The smallest absolute Gasteiger partial charge is 0.339 e. The Labute approximate surface area is 384 Å². The number of carboxylic acid groups (broad SMARTS) is 1. The van der Waals surface area contributed by atoms with Crippen molar-refractivity contribution in [2.45, 2.75) is 4.90 Å². The molecule has 0 saturated carbocycles. The molecule has 6 aromatic carbocycles. The molecular weight excluding hydrogens is 821 g/mol. The van der Waals surface area contributed by atoms with E-state index in [1.165, 1.54) is 72.8 Å². The number of amides is 1. The van der Waals surface area contributed by atoms with Gasteiger partial charge < -0.3 is 30.8 Å². The summed E-state index contributed by atoms with van der Waals surface area (Å²) in [5.74, 6) is -3.31. The zero-order valence-electron chi connectivity index (χ0n) is 31.3. The maximum Gasteiger partial charge on any atom is 0.339 e. The Morgan fingerprint density at radius 2 is 0.950 bits per heavy atom. The number of aromatic hydroxyl groups is 4. The molecule has 0 aromatic heterocycles. The maximum absolute atomic E-state index is 12.8. The van der Waals surface area contributed by atoms with Crippen molar-refractivity contribution in [1.82, 2.24) is 0 Å². The number of hydrogen-bond donors (Lipinski definition) is 7. The van der Waals surface area contributed by atoms with E-state index in [0.29, 0.717) is 22.6 Å². The average Bonchev–Trinajstić information content (AvgIpc) is 3.20. The molecule has 0 heterocycles. The SMILES string of the molecule is O=C(Nc1ccc(N=Nc2cc(N=Nc3cc(N=Nc4cccc(S(=O)(=O)O)c4)ccc3O)c(O)cc2O)cc1)c1ccc(N=Nc2ccc(O)c(C(=O)O)c2)cc1.[Na].[Na]. The Balaban J connectivity index is 0.00000397. The maximum atomic E-state index is 12.8. The topological polar surface area (TPSA) is 301 Å². The van der Waals surface area contributed by atoms with Crippen LogP contribution in [0.15, 0.2) is 167 Å². The molecule has 0 aliphatic carbocycles. The number of hydrogen-bond acceptors (Lipinski definition) is 16. The van der Waals surface area contributed by atoms with Crippen LogP contribution in [0.3, 0.4) is 0 Å². The van der Waals surface area contributed by atoms with Crippen molar-refractivity contribution in [1.29, 1.82) is 0 Å². The predicted octanol–water partition coefficient (Wildman–Crippen LogP) is 9.61. The second kappa shape index (κ2) is 20.6. The van der Waals surface area contributed by atoms with Gasteiger partial charge in [-0.05, 0) is 103 Å². The Morgan fingerprint density at radius 3 is 1.53 bits per heavy atom. The summed E-state index contributed by atoms with van der Waals surface area (Å²) in [6, 6.07) is 27.5. The van der Waals surface area contributed by atoms with Crippen LogP contribution in [0.25, 0.3) is 0 Å². The minimum atomic E-state index is -4.45. The van der Waals surface area contributed by atoms with Gasteiger partial charge in [-0.25, -0.2) is 4.79 Å². The molecule has 0 fully saturated rings. The molecule has 2 radical (unpaired) electrons. The third-order valence-corrected chi connectivity index (χ3v) is 8.56. The van der Waals surface area contributed by atoms with Crippen molar-refractivity contribution in [3.8, 4) is 23.0 Å². The molecule has 0 aliphatic rings. The fourth-order valence-electron chi connectivity index (χ4n) is 4.78.